The first-order valence-electron chi connectivity index (χ1n) is 11.5. The van der Waals surface area contributed by atoms with Crippen LogP contribution in [0.2, 0.25) is 0 Å². The van der Waals surface area contributed by atoms with Crippen LogP contribution in [0.4, 0.5) is 5.95 Å². The van der Waals surface area contributed by atoms with E-state index in [-0.39, 0.29) is 23.5 Å². The topological polar surface area (TPSA) is 106 Å². The highest BCUT2D eigenvalue weighted by atomic mass is 16.5. The summed E-state index contributed by atoms with van der Waals surface area (Å²) in [5.41, 5.74) is 1.90. The van der Waals surface area contributed by atoms with Crippen molar-refractivity contribution in [2.75, 3.05) is 44.4 Å². The number of anilines is 1. The van der Waals surface area contributed by atoms with Gasteiger partial charge < -0.3 is 24.4 Å². The first-order valence-corrected chi connectivity index (χ1v) is 11.5. The zero-order valence-corrected chi connectivity index (χ0v) is 19.5. The zero-order chi connectivity index (χ0) is 23.4. The summed E-state index contributed by atoms with van der Waals surface area (Å²) >= 11 is 0. The number of carbonyl (C=O) groups is 1. The van der Waals surface area contributed by atoms with Crippen LogP contribution in [-0.2, 0) is 22.4 Å². The van der Waals surface area contributed by atoms with Crippen LogP contribution < -0.4 is 25.2 Å². The van der Waals surface area contributed by atoms with Gasteiger partial charge in [-0.25, -0.2) is 4.98 Å². The number of carbonyl (C=O) groups excluding carboxylic acids is 1. The number of aromatic amines is 1. The summed E-state index contributed by atoms with van der Waals surface area (Å²) in [5, 5.41) is 2.85. The highest BCUT2D eigenvalue weighted by Crippen LogP contribution is 2.41. The molecule has 2 aliphatic heterocycles. The van der Waals surface area contributed by atoms with Crippen LogP contribution in [-0.4, -0.2) is 60.9 Å². The Hall–Kier alpha value is -3.07. The number of hydrogen-bond donors (Lipinski definition) is 2. The molecular formula is C24H32N4O5. The normalized spacial score (nSPS) is 16.8. The van der Waals surface area contributed by atoms with E-state index in [0.717, 1.165) is 17.7 Å². The van der Waals surface area contributed by atoms with E-state index >= 15 is 0 Å². The van der Waals surface area contributed by atoms with E-state index < -0.39 is 0 Å². The molecule has 1 aromatic carbocycles. The van der Waals surface area contributed by atoms with Crippen LogP contribution in [0.25, 0.3) is 0 Å². The maximum absolute atomic E-state index is 12.6. The quantitative estimate of drug-likeness (QED) is 0.583. The number of H-pyrrole nitrogens is 1. The standard InChI is InChI=1S/C24H32N4O5/c1-16-18(22(30)27-23(26-16)28-10-13-31-14-11-28)7-8-20(29)25-9-12-32-19-6-4-5-17-15-24(2,3)33-21(17)19/h4-6H,7-15H2,1-3H3,(H,25,29)(H,26,27,30). The lowest BCUT2D eigenvalue weighted by Gasteiger charge is -2.27. The summed E-state index contributed by atoms with van der Waals surface area (Å²) in [6.45, 7) is 9.24. The second kappa shape index (κ2) is 9.82. The van der Waals surface area contributed by atoms with E-state index in [9.17, 15) is 9.59 Å². The van der Waals surface area contributed by atoms with Gasteiger partial charge in [0, 0.05) is 42.8 Å². The predicted molar refractivity (Wildman–Crippen MR) is 124 cm³/mol. The van der Waals surface area contributed by atoms with E-state index in [2.05, 4.69) is 29.1 Å². The van der Waals surface area contributed by atoms with Gasteiger partial charge in [0.15, 0.2) is 11.5 Å². The summed E-state index contributed by atoms with van der Waals surface area (Å²) in [6, 6.07) is 5.88. The molecule has 0 unspecified atom stereocenters. The van der Waals surface area contributed by atoms with Gasteiger partial charge in [-0.15, -0.1) is 0 Å². The van der Waals surface area contributed by atoms with Crippen molar-refractivity contribution in [1.82, 2.24) is 15.3 Å². The summed E-state index contributed by atoms with van der Waals surface area (Å²) in [6.07, 6.45) is 1.39. The van der Waals surface area contributed by atoms with Crippen molar-refractivity contribution < 1.29 is 19.0 Å². The first-order chi connectivity index (χ1) is 15.8. The molecule has 1 saturated heterocycles. The Morgan fingerprint density at radius 2 is 2.09 bits per heavy atom. The Bertz CT molecular complexity index is 1060. The third-order valence-electron chi connectivity index (χ3n) is 5.86. The SMILES string of the molecule is Cc1nc(N2CCOCC2)[nH]c(=O)c1CCC(=O)NCCOc1cccc2c1OC(C)(C)C2. The van der Waals surface area contributed by atoms with Gasteiger partial charge in [-0.1, -0.05) is 12.1 Å². The van der Waals surface area contributed by atoms with E-state index in [4.69, 9.17) is 14.2 Å². The lowest BCUT2D eigenvalue weighted by Crippen LogP contribution is -2.38. The van der Waals surface area contributed by atoms with Crippen LogP contribution in [0.5, 0.6) is 11.5 Å². The molecule has 0 aliphatic carbocycles. The minimum atomic E-state index is -0.235. The van der Waals surface area contributed by atoms with Crippen molar-refractivity contribution in [2.24, 2.45) is 0 Å². The van der Waals surface area contributed by atoms with E-state index in [0.29, 0.717) is 68.8 Å². The summed E-state index contributed by atoms with van der Waals surface area (Å²) < 4.78 is 17.2. The summed E-state index contributed by atoms with van der Waals surface area (Å²) in [5.74, 6) is 1.91. The zero-order valence-electron chi connectivity index (χ0n) is 19.5. The van der Waals surface area contributed by atoms with Gasteiger partial charge in [0.05, 0.1) is 19.8 Å². The number of nitrogens with one attached hydrogen (secondary N) is 2. The second-order valence-electron chi connectivity index (χ2n) is 9.03. The van der Waals surface area contributed by atoms with Crippen molar-refractivity contribution >= 4 is 11.9 Å². The molecule has 0 saturated carbocycles. The molecule has 178 valence electrons. The molecule has 0 radical (unpaired) electrons. The van der Waals surface area contributed by atoms with E-state index in [1.807, 2.05) is 30.0 Å². The average molecular weight is 457 g/mol. The Morgan fingerprint density at radius 1 is 1.30 bits per heavy atom. The molecule has 0 atom stereocenters. The van der Waals surface area contributed by atoms with Gasteiger partial charge in [0.2, 0.25) is 11.9 Å². The van der Waals surface area contributed by atoms with E-state index in [1.165, 1.54) is 0 Å². The molecule has 0 bridgehead atoms. The minimum Gasteiger partial charge on any atom is -0.488 e. The highest BCUT2D eigenvalue weighted by molar-refractivity contribution is 5.76. The van der Waals surface area contributed by atoms with Crippen molar-refractivity contribution in [1.29, 1.82) is 0 Å². The lowest BCUT2D eigenvalue weighted by molar-refractivity contribution is -0.121. The molecule has 33 heavy (non-hydrogen) atoms. The third kappa shape index (κ3) is 5.65. The molecular weight excluding hydrogens is 424 g/mol. The molecule has 4 rings (SSSR count). The number of aryl methyl sites for hydroxylation is 1. The molecule has 3 heterocycles. The van der Waals surface area contributed by atoms with Crippen LogP contribution in [0.15, 0.2) is 23.0 Å². The van der Waals surface area contributed by atoms with Crippen LogP contribution in [0.1, 0.15) is 37.1 Å². The number of hydrogen-bond acceptors (Lipinski definition) is 7. The third-order valence-corrected chi connectivity index (χ3v) is 5.86. The second-order valence-corrected chi connectivity index (χ2v) is 9.03. The average Bonchev–Trinajstić information content (AvgIpc) is 3.11. The fraction of sp³-hybridized carbons (Fsp3) is 0.542. The monoisotopic (exact) mass is 456 g/mol. The summed E-state index contributed by atoms with van der Waals surface area (Å²) in [4.78, 5) is 34.2. The maximum atomic E-state index is 12.6. The molecule has 1 fully saturated rings. The number of benzene rings is 1. The number of fused-ring (bicyclic) bond motifs is 1. The number of ether oxygens (including phenoxy) is 3. The first kappa shape index (κ1) is 23.1. The van der Waals surface area contributed by atoms with Crippen LogP contribution in [0.3, 0.4) is 0 Å². The molecule has 1 aromatic heterocycles. The maximum Gasteiger partial charge on any atom is 0.255 e. The largest absolute Gasteiger partial charge is 0.488 e. The highest BCUT2D eigenvalue weighted by Gasteiger charge is 2.32. The Morgan fingerprint density at radius 3 is 2.85 bits per heavy atom. The number of rotatable bonds is 8. The van der Waals surface area contributed by atoms with Gasteiger partial charge >= 0.3 is 0 Å². The Labute approximate surface area is 193 Å². The van der Waals surface area contributed by atoms with Crippen LogP contribution >= 0.6 is 0 Å². The van der Waals surface area contributed by atoms with E-state index in [1.54, 1.807) is 0 Å². The fourth-order valence-electron chi connectivity index (χ4n) is 4.19. The Kier molecular flexibility index (Phi) is 6.88. The predicted octanol–water partition coefficient (Wildman–Crippen LogP) is 1.76. The van der Waals surface area contributed by atoms with Gasteiger partial charge in [0.1, 0.15) is 12.2 Å². The number of morpholine rings is 1. The van der Waals surface area contributed by atoms with Crippen molar-refractivity contribution in [3.05, 3.63) is 45.4 Å². The molecule has 2 aromatic rings. The lowest BCUT2D eigenvalue weighted by atomic mass is 10.0. The smallest absolute Gasteiger partial charge is 0.255 e. The molecule has 9 nitrogen and oxygen atoms in total. The number of amides is 1. The van der Waals surface area contributed by atoms with Gasteiger partial charge in [-0.2, -0.15) is 0 Å². The fourth-order valence-corrected chi connectivity index (χ4v) is 4.19. The summed E-state index contributed by atoms with van der Waals surface area (Å²) in [7, 11) is 0. The van der Waals surface area contributed by atoms with Gasteiger partial charge in [-0.3, -0.25) is 14.6 Å². The number of nitrogens with zero attached hydrogens (tertiary/aromatic N) is 2. The van der Waals surface area contributed by atoms with Gasteiger partial charge in [0.25, 0.3) is 5.56 Å². The van der Waals surface area contributed by atoms with Crippen LogP contribution in [0, 0.1) is 6.92 Å². The van der Waals surface area contributed by atoms with Crippen molar-refractivity contribution in [3.8, 4) is 11.5 Å². The van der Waals surface area contributed by atoms with Crippen molar-refractivity contribution in [3.63, 3.8) is 0 Å². The van der Waals surface area contributed by atoms with Gasteiger partial charge in [-0.05, 0) is 33.3 Å². The van der Waals surface area contributed by atoms with Crippen molar-refractivity contribution in [2.45, 2.75) is 45.6 Å². The molecule has 2 N–H and O–H groups in total. The number of para-hydroxylation sites is 1. The number of aromatic nitrogens is 2. The minimum absolute atomic E-state index is 0.134. The molecule has 2 aliphatic rings. The molecule has 0 spiro atoms. The Balaban J connectivity index is 1.24. The molecule has 9 heteroatoms. The molecule has 1 amide bonds.